The molecule has 3 rings (SSSR count). The summed E-state index contributed by atoms with van der Waals surface area (Å²) in [6.07, 6.45) is 2.84. The van der Waals surface area contributed by atoms with Crippen molar-refractivity contribution >= 4 is 11.3 Å². The van der Waals surface area contributed by atoms with E-state index >= 15 is 0 Å². The number of rotatable bonds is 3. The first-order chi connectivity index (χ1) is 8.43. The van der Waals surface area contributed by atoms with Crippen LogP contribution in [0.3, 0.4) is 0 Å². The van der Waals surface area contributed by atoms with Crippen molar-refractivity contribution in [3.63, 3.8) is 0 Å². The van der Waals surface area contributed by atoms with Gasteiger partial charge in [0.25, 0.3) is 0 Å². The van der Waals surface area contributed by atoms with Crippen molar-refractivity contribution in [3.8, 4) is 10.6 Å². The van der Waals surface area contributed by atoms with E-state index in [0.717, 1.165) is 12.1 Å². The molecule has 3 heteroatoms. The molecule has 0 aliphatic rings. The number of hydrogen-bond acceptors (Lipinski definition) is 2. The predicted octanol–water partition coefficient (Wildman–Crippen LogP) is 3.73. The molecule has 2 heterocycles. The van der Waals surface area contributed by atoms with E-state index in [4.69, 9.17) is 0 Å². The summed E-state index contributed by atoms with van der Waals surface area (Å²) in [5.41, 5.74) is 3.70. The largest absolute Gasteiger partial charge is 0.277 e. The highest BCUT2D eigenvalue weighted by molar-refractivity contribution is 7.13. The van der Waals surface area contributed by atoms with Crippen LogP contribution in [0.15, 0.2) is 54.0 Å². The molecular weight excluding hydrogens is 228 g/mol. The quantitative estimate of drug-likeness (QED) is 0.742. The van der Waals surface area contributed by atoms with Gasteiger partial charge in [-0.25, -0.2) is 0 Å². The van der Waals surface area contributed by atoms with Crippen molar-refractivity contribution in [2.75, 3.05) is 0 Å². The van der Waals surface area contributed by atoms with Crippen molar-refractivity contribution in [1.82, 2.24) is 10.2 Å². The van der Waals surface area contributed by atoms with Gasteiger partial charge >= 0.3 is 0 Å². The Labute approximate surface area is 104 Å². The molecule has 0 amide bonds. The third-order valence-corrected chi connectivity index (χ3v) is 3.61. The molecule has 2 nitrogen and oxygen atoms in total. The molecule has 1 aromatic carbocycles. The minimum Gasteiger partial charge on any atom is -0.277 e. The molecule has 0 fully saturated rings. The molecular formula is C14H12N2S. The topological polar surface area (TPSA) is 28.7 Å². The summed E-state index contributed by atoms with van der Waals surface area (Å²) in [6, 6.07) is 14.6. The Morgan fingerprint density at radius 1 is 1.06 bits per heavy atom. The summed E-state index contributed by atoms with van der Waals surface area (Å²) in [5.74, 6) is 0. The minimum atomic E-state index is 0.921. The summed E-state index contributed by atoms with van der Waals surface area (Å²) in [7, 11) is 0. The molecule has 1 N–H and O–H groups in total. The number of aromatic amines is 1. The van der Waals surface area contributed by atoms with Crippen LogP contribution < -0.4 is 0 Å². The molecule has 0 spiro atoms. The average Bonchev–Trinajstić information content (AvgIpc) is 3.00. The van der Waals surface area contributed by atoms with Crippen molar-refractivity contribution in [3.05, 3.63) is 65.2 Å². The van der Waals surface area contributed by atoms with Gasteiger partial charge in [0.15, 0.2) is 0 Å². The molecule has 3 aromatic rings. The van der Waals surface area contributed by atoms with Crippen LogP contribution in [0.4, 0.5) is 0 Å². The number of thiophene rings is 1. The van der Waals surface area contributed by atoms with Gasteiger partial charge in [0.2, 0.25) is 0 Å². The van der Waals surface area contributed by atoms with Crippen LogP contribution in [-0.2, 0) is 6.42 Å². The first kappa shape index (κ1) is 10.3. The molecule has 0 atom stereocenters. The molecule has 0 saturated heterocycles. The number of nitrogens with one attached hydrogen (secondary N) is 1. The normalized spacial score (nSPS) is 10.6. The maximum absolute atomic E-state index is 4.16. The Balaban J connectivity index is 1.92. The Hall–Kier alpha value is -1.87. The highest BCUT2D eigenvalue weighted by atomic mass is 32.1. The Morgan fingerprint density at radius 3 is 2.71 bits per heavy atom. The number of benzene rings is 1. The fraction of sp³-hybridized carbons (Fsp3) is 0.0714. The third kappa shape index (κ3) is 2.15. The van der Waals surface area contributed by atoms with Gasteiger partial charge in [-0.05, 0) is 17.0 Å². The van der Waals surface area contributed by atoms with E-state index in [1.54, 1.807) is 11.3 Å². The number of hydrogen-bond donors (Lipinski definition) is 1. The Morgan fingerprint density at radius 2 is 1.94 bits per heavy atom. The van der Waals surface area contributed by atoms with E-state index < -0.39 is 0 Å². The van der Waals surface area contributed by atoms with Crippen molar-refractivity contribution < 1.29 is 0 Å². The van der Waals surface area contributed by atoms with Crippen molar-refractivity contribution in [2.24, 2.45) is 0 Å². The first-order valence-electron chi connectivity index (χ1n) is 5.53. The molecule has 0 saturated carbocycles. The molecule has 0 bridgehead atoms. The van der Waals surface area contributed by atoms with Crippen LogP contribution in [0.25, 0.3) is 10.6 Å². The van der Waals surface area contributed by atoms with E-state index in [-0.39, 0.29) is 0 Å². The summed E-state index contributed by atoms with van der Waals surface area (Å²) in [5, 5.41) is 9.33. The van der Waals surface area contributed by atoms with Crippen LogP contribution in [-0.4, -0.2) is 10.2 Å². The van der Waals surface area contributed by atoms with Gasteiger partial charge in [-0.2, -0.15) is 5.10 Å². The van der Waals surface area contributed by atoms with Crippen LogP contribution in [0.2, 0.25) is 0 Å². The number of H-pyrrole nitrogens is 1. The van der Waals surface area contributed by atoms with Crippen molar-refractivity contribution in [1.29, 1.82) is 0 Å². The molecule has 17 heavy (non-hydrogen) atoms. The average molecular weight is 240 g/mol. The zero-order valence-electron chi connectivity index (χ0n) is 9.26. The lowest BCUT2D eigenvalue weighted by Crippen LogP contribution is -1.87. The van der Waals surface area contributed by atoms with Crippen molar-refractivity contribution in [2.45, 2.75) is 6.42 Å². The fourth-order valence-corrected chi connectivity index (χ4v) is 2.65. The minimum absolute atomic E-state index is 0.921. The van der Waals surface area contributed by atoms with Crippen LogP contribution in [0.1, 0.15) is 11.1 Å². The van der Waals surface area contributed by atoms with Gasteiger partial charge in [0, 0.05) is 12.0 Å². The summed E-state index contributed by atoms with van der Waals surface area (Å²) in [4.78, 5) is 1.24. The molecule has 0 aliphatic carbocycles. The van der Waals surface area contributed by atoms with E-state index in [0.29, 0.717) is 0 Å². The number of aromatic nitrogens is 2. The third-order valence-electron chi connectivity index (χ3n) is 2.72. The Kier molecular flexibility index (Phi) is 2.76. The van der Waals surface area contributed by atoms with E-state index in [2.05, 4.69) is 52.0 Å². The lowest BCUT2D eigenvalue weighted by Gasteiger charge is -2.01. The summed E-state index contributed by atoms with van der Waals surface area (Å²) < 4.78 is 0. The molecule has 2 aromatic heterocycles. The SMILES string of the molecule is c1ccc(Cc2cn[nH]c2-c2cccs2)cc1. The maximum Gasteiger partial charge on any atom is 0.0785 e. The highest BCUT2D eigenvalue weighted by Crippen LogP contribution is 2.27. The van der Waals surface area contributed by atoms with Gasteiger partial charge in [-0.1, -0.05) is 36.4 Å². The second-order valence-corrected chi connectivity index (χ2v) is 4.86. The van der Waals surface area contributed by atoms with Gasteiger partial charge in [0.1, 0.15) is 0 Å². The number of nitrogens with zero attached hydrogens (tertiary/aromatic N) is 1. The van der Waals surface area contributed by atoms with E-state index in [1.807, 2.05) is 12.3 Å². The lowest BCUT2D eigenvalue weighted by molar-refractivity contribution is 1.10. The van der Waals surface area contributed by atoms with Crippen LogP contribution in [0.5, 0.6) is 0 Å². The fourth-order valence-electron chi connectivity index (χ4n) is 1.90. The smallest absolute Gasteiger partial charge is 0.0785 e. The zero-order chi connectivity index (χ0) is 11.5. The molecule has 84 valence electrons. The zero-order valence-corrected chi connectivity index (χ0v) is 10.1. The summed E-state index contributed by atoms with van der Waals surface area (Å²) >= 11 is 1.73. The first-order valence-corrected chi connectivity index (χ1v) is 6.41. The highest BCUT2D eigenvalue weighted by Gasteiger charge is 2.08. The van der Waals surface area contributed by atoms with Gasteiger partial charge in [-0.15, -0.1) is 11.3 Å². The van der Waals surface area contributed by atoms with E-state index in [9.17, 15) is 0 Å². The van der Waals surface area contributed by atoms with Gasteiger partial charge in [-0.3, -0.25) is 5.10 Å². The monoisotopic (exact) mass is 240 g/mol. The Bertz CT molecular complexity index is 582. The molecule has 0 radical (unpaired) electrons. The van der Waals surface area contributed by atoms with Gasteiger partial charge in [0.05, 0.1) is 16.8 Å². The second-order valence-electron chi connectivity index (χ2n) is 3.91. The summed E-state index contributed by atoms with van der Waals surface area (Å²) in [6.45, 7) is 0. The van der Waals surface area contributed by atoms with Crippen LogP contribution >= 0.6 is 11.3 Å². The second kappa shape index (κ2) is 4.55. The molecule has 0 unspecified atom stereocenters. The molecule has 0 aliphatic heterocycles. The predicted molar refractivity (Wildman–Crippen MR) is 71.1 cm³/mol. The van der Waals surface area contributed by atoms with Gasteiger partial charge < -0.3 is 0 Å². The lowest BCUT2D eigenvalue weighted by atomic mass is 10.1. The standard InChI is InChI=1S/C14H12N2S/c1-2-5-11(6-3-1)9-12-10-15-16-14(12)13-7-4-8-17-13/h1-8,10H,9H2,(H,15,16). The maximum atomic E-state index is 4.16. The van der Waals surface area contributed by atoms with E-state index in [1.165, 1.54) is 16.0 Å². The van der Waals surface area contributed by atoms with Crippen LogP contribution in [0, 0.1) is 0 Å².